The van der Waals surface area contributed by atoms with Gasteiger partial charge >= 0.3 is 102 Å². The summed E-state index contributed by atoms with van der Waals surface area (Å²) in [4.78, 5) is 17.3. The number of hydrogen-bond donors (Lipinski definition) is 1. The van der Waals surface area contributed by atoms with Crippen molar-refractivity contribution in [2.75, 3.05) is 0 Å². The zero-order valence-corrected chi connectivity index (χ0v) is 13.1. The van der Waals surface area contributed by atoms with E-state index in [1.54, 1.807) is 6.07 Å². The summed E-state index contributed by atoms with van der Waals surface area (Å²) in [5, 5.41) is 0. The molecule has 0 unspecified atom stereocenters. The van der Waals surface area contributed by atoms with Gasteiger partial charge in [0.2, 0.25) is 0 Å². The van der Waals surface area contributed by atoms with Crippen molar-refractivity contribution in [2.24, 2.45) is 0 Å². The Bertz CT molecular complexity index is 301. The van der Waals surface area contributed by atoms with E-state index >= 15 is 0 Å². The Hall–Kier alpha value is 0.859. The zero-order valence-electron chi connectivity index (χ0n) is 7.06. The van der Waals surface area contributed by atoms with Gasteiger partial charge in [0.15, 0.2) is 0 Å². The quantitative estimate of drug-likeness (QED) is 0.366. The minimum atomic E-state index is 0.0351. The SMILES string of the molecule is CCCc1cc(=O)[nH]c([Se][I-]I)[nH+]1. The molecule has 0 saturated heterocycles. The van der Waals surface area contributed by atoms with Gasteiger partial charge in [-0.05, 0) is 0 Å². The molecule has 3 nitrogen and oxygen atoms in total. The molecule has 6 heteroatoms. The van der Waals surface area contributed by atoms with Gasteiger partial charge in [-0.25, -0.2) is 0 Å². The van der Waals surface area contributed by atoms with Crippen molar-refractivity contribution in [2.45, 2.75) is 19.8 Å². The second-order valence-electron chi connectivity index (χ2n) is 2.50. The maximum absolute atomic E-state index is 11.2. The Kier molecular flexibility index (Phi) is 5.84. The van der Waals surface area contributed by atoms with Crippen molar-refractivity contribution in [3.8, 4) is 0 Å². The van der Waals surface area contributed by atoms with E-state index in [1.165, 1.54) is 0 Å². The van der Waals surface area contributed by atoms with Crippen LogP contribution in [0.3, 0.4) is 0 Å². The molecule has 0 aliphatic heterocycles. The van der Waals surface area contributed by atoms with Crippen molar-refractivity contribution in [1.82, 2.24) is 4.98 Å². The summed E-state index contributed by atoms with van der Waals surface area (Å²) >= 11 is 3.13. The van der Waals surface area contributed by atoms with Crippen molar-refractivity contribution in [1.29, 1.82) is 0 Å². The van der Waals surface area contributed by atoms with Crippen LogP contribution < -0.4 is 30.2 Å². The van der Waals surface area contributed by atoms with Crippen LogP contribution in [-0.2, 0) is 6.42 Å². The number of hydrogen-bond acceptors (Lipinski definition) is 1. The average Bonchev–Trinajstić information content (AvgIpc) is 2.04. The van der Waals surface area contributed by atoms with Crippen LogP contribution in [-0.4, -0.2) is 16.7 Å². The first-order chi connectivity index (χ1) is 6.26. The predicted octanol–water partition coefficient (Wildman–Crippen LogP) is -3.17. The first kappa shape index (κ1) is 11.9. The van der Waals surface area contributed by atoms with Gasteiger partial charge < -0.3 is 0 Å². The van der Waals surface area contributed by atoms with Crippen LogP contribution in [0.2, 0.25) is 0 Å². The van der Waals surface area contributed by atoms with Crippen LogP contribution in [0.1, 0.15) is 19.0 Å². The van der Waals surface area contributed by atoms with Crippen LogP contribution in [0.15, 0.2) is 10.9 Å². The van der Waals surface area contributed by atoms with Crippen molar-refractivity contribution in [3.05, 3.63) is 22.1 Å². The van der Waals surface area contributed by atoms with Crippen molar-refractivity contribution >= 4 is 35.0 Å². The molecule has 0 aliphatic rings. The van der Waals surface area contributed by atoms with Gasteiger partial charge in [-0.15, -0.1) is 0 Å². The Labute approximate surface area is 101 Å². The second kappa shape index (κ2) is 6.36. The van der Waals surface area contributed by atoms with E-state index in [9.17, 15) is 4.79 Å². The van der Waals surface area contributed by atoms with Gasteiger partial charge in [0, 0.05) is 0 Å². The molecule has 0 spiro atoms. The first-order valence-electron chi connectivity index (χ1n) is 3.84. The number of halogens is 2. The Balaban J connectivity index is 2.90. The van der Waals surface area contributed by atoms with Crippen LogP contribution >= 0.6 is 18.6 Å². The number of aromatic amines is 2. The van der Waals surface area contributed by atoms with Gasteiger partial charge in [-0.1, -0.05) is 0 Å². The fraction of sp³-hybridized carbons (Fsp3) is 0.429. The standard InChI is InChI=1S/C7H9I2N2OSe/c1-2-3-5-4-6(12)11-7(10-5)13-9-8/h4H,2-3H2,1H3,(H,10,11,12)/q-1/p+1. The van der Waals surface area contributed by atoms with Gasteiger partial charge in [-0.2, -0.15) is 0 Å². The molecule has 0 fully saturated rings. The van der Waals surface area contributed by atoms with Crippen LogP contribution in [0.25, 0.3) is 0 Å². The number of rotatable bonds is 4. The number of nitrogens with one attached hydrogen (secondary N) is 2. The van der Waals surface area contributed by atoms with E-state index in [1.807, 2.05) is 0 Å². The predicted molar refractivity (Wildman–Crippen MR) is 57.0 cm³/mol. The van der Waals surface area contributed by atoms with Crippen molar-refractivity contribution in [3.63, 3.8) is 0 Å². The molecule has 0 amide bonds. The van der Waals surface area contributed by atoms with E-state index in [0.29, 0.717) is 11.7 Å². The monoisotopic (exact) mass is 472 g/mol. The summed E-state index contributed by atoms with van der Waals surface area (Å²) in [7, 11) is 0. The molecule has 1 aromatic heterocycles. The van der Waals surface area contributed by atoms with Gasteiger partial charge in [0.1, 0.15) is 0 Å². The Morgan fingerprint density at radius 3 is 3.15 bits per heavy atom. The topological polar surface area (TPSA) is 47.0 Å². The molecule has 0 saturated carbocycles. The molecular formula is C7H10I2N2OSe. The summed E-state index contributed by atoms with van der Waals surface area (Å²) < 4.78 is 1.05. The molecule has 0 radical (unpaired) electrons. The number of aromatic nitrogens is 2. The Morgan fingerprint density at radius 1 is 1.77 bits per heavy atom. The van der Waals surface area contributed by atoms with Gasteiger partial charge in [0.25, 0.3) is 0 Å². The molecule has 1 rings (SSSR count). The number of aryl methyl sites for hydroxylation is 1. The summed E-state index contributed by atoms with van der Waals surface area (Å²) in [5.74, 6) is 0. The second-order valence-corrected chi connectivity index (χ2v) is 19.5. The summed E-state index contributed by atoms with van der Waals surface area (Å²) in [6.07, 6.45) is 2.04. The third-order valence-electron chi connectivity index (χ3n) is 1.44. The zero-order chi connectivity index (χ0) is 9.68. The normalized spacial score (nSPS) is 10.6. The molecule has 1 aromatic rings. The summed E-state index contributed by atoms with van der Waals surface area (Å²) in [6, 6.07) is 1.66. The molecule has 13 heavy (non-hydrogen) atoms. The Morgan fingerprint density at radius 2 is 2.54 bits per heavy atom. The van der Waals surface area contributed by atoms with E-state index < -0.39 is 0 Å². The minimum absolute atomic E-state index is 0.0351. The molecule has 74 valence electrons. The fourth-order valence-electron chi connectivity index (χ4n) is 0.991. The van der Waals surface area contributed by atoms with Crippen LogP contribution in [0.4, 0.5) is 0 Å². The van der Waals surface area contributed by atoms with Crippen LogP contribution in [0.5, 0.6) is 0 Å². The molecular weight excluding hydrogens is 461 g/mol. The van der Waals surface area contributed by atoms with Crippen LogP contribution in [0, 0.1) is 0 Å². The molecule has 0 aliphatic carbocycles. The van der Waals surface area contributed by atoms with E-state index in [-0.39, 0.29) is 20.5 Å². The molecule has 0 bridgehead atoms. The third kappa shape index (κ3) is 4.26. The summed E-state index contributed by atoms with van der Waals surface area (Å²) in [6.45, 7) is 2.12. The van der Waals surface area contributed by atoms with E-state index in [4.69, 9.17) is 0 Å². The first-order valence-corrected chi connectivity index (χ1v) is 16.2. The maximum atomic E-state index is 11.2. The fourth-order valence-corrected chi connectivity index (χ4v) is 9.57. The summed E-state index contributed by atoms with van der Waals surface area (Å²) in [5.41, 5.74) is 1.10. The molecule has 0 atom stereocenters. The number of H-pyrrole nitrogens is 2. The molecule has 1 heterocycles. The van der Waals surface area contributed by atoms with Crippen molar-refractivity contribution < 1.29 is 20.0 Å². The van der Waals surface area contributed by atoms with Gasteiger partial charge in [-0.3, -0.25) is 0 Å². The van der Waals surface area contributed by atoms with E-state index in [2.05, 4.69) is 35.5 Å². The molecule has 2 N–H and O–H groups in total. The van der Waals surface area contributed by atoms with Gasteiger partial charge in [0.05, 0.1) is 0 Å². The molecule has 0 aromatic carbocycles. The third-order valence-corrected chi connectivity index (χ3v) is 11.3. The average molecular weight is 471 g/mol. The van der Waals surface area contributed by atoms with E-state index in [0.717, 1.165) is 23.3 Å².